The molecule has 0 aliphatic heterocycles. The van der Waals surface area contributed by atoms with Crippen molar-refractivity contribution in [1.82, 2.24) is 4.98 Å². The van der Waals surface area contributed by atoms with Gasteiger partial charge in [0.05, 0.1) is 13.3 Å². The minimum absolute atomic E-state index is 0.276. The van der Waals surface area contributed by atoms with Crippen LogP contribution in [0.25, 0.3) is 0 Å². The second kappa shape index (κ2) is 8.30. The fourth-order valence-corrected chi connectivity index (χ4v) is 2.73. The highest BCUT2D eigenvalue weighted by molar-refractivity contribution is 7.14. The highest BCUT2D eigenvalue weighted by Crippen LogP contribution is 2.31. The van der Waals surface area contributed by atoms with Gasteiger partial charge in [0.15, 0.2) is 11.5 Å². The Kier molecular flexibility index (Phi) is 5.65. The lowest BCUT2D eigenvalue weighted by Gasteiger charge is -2.13. The Morgan fingerprint density at radius 3 is 2.77 bits per heavy atom. The molecule has 0 fully saturated rings. The molecule has 2 aromatic carbocycles. The molecular weight excluding hydrogens is 355 g/mol. The van der Waals surface area contributed by atoms with E-state index >= 15 is 0 Å². The summed E-state index contributed by atoms with van der Waals surface area (Å²) in [5, 5.41) is 6.48. The Bertz CT molecular complexity index is 896. The fourth-order valence-electron chi connectivity index (χ4n) is 2.18. The monoisotopic (exact) mass is 372 g/mol. The molecule has 0 spiro atoms. The van der Waals surface area contributed by atoms with E-state index < -0.39 is 0 Å². The van der Waals surface area contributed by atoms with Crippen molar-refractivity contribution in [3.63, 3.8) is 0 Å². The molecule has 3 aromatic rings. The maximum atomic E-state index is 13.0. The fraction of sp³-hybridized carbons (Fsp3) is 0.111. The number of anilines is 2. The number of rotatable bonds is 7. The van der Waals surface area contributed by atoms with Crippen molar-refractivity contribution in [3.8, 4) is 11.5 Å². The molecule has 1 aromatic heterocycles. The minimum Gasteiger partial charge on any atom is -0.493 e. The third kappa shape index (κ3) is 4.48. The third-order valence-electron chi connectivity index (χ3n) is 3.41. The van der Waals surface area contributed by atoms with Gasteiger partial charge < -0.3 is 15.2 Å². The standard InChI is InChI=1S/C18H17FN4O2S/c1-24-15-4-2-3-13(9-21-23-18-22-16(20)11-26-18)17(15)25-10-12-5-7-14(19)8-6-12/h2-9,11H,10,20H2,1H3,(H,22,23). The van der Waals surface area contributed by atoms with E-state index in [-0.39, 0.29) is 12.4 Å². The van der Waals surface area contributed by atoms with E-state index in [9.17, 15) is 4.39 Å². The van der Waals surface area contributed by atoms with Crippen LogP contribution < -0.4 is 20.6 Å². The molecule has 0 saturated heterocycles. The Hall–Kier alpha value is -3.13. The second-order valence-electron chi connectivity index (χ2n) is 5.24. The number of nitrogen functional groups attached to an aromatic ring is 1. The molecule has 0 aliphatic carbocycles. The Labute approximate surface area is 154 Å². The van der Waals surface area contributed by atoms with E-state index in [1.807, 2.05) is 12.1 Å². The van der Waals surface area contributed by atoms with E-state index in [1.54, 1.807) is 36.9 Å². The van der Waals surface area contributed by atoms with Gasteiger partial charge >= 0.3 is 0 Å². The summed E-state index contributed by atoms with van der Waals surface area (Å²) in [6.07, 6.45) is 1.61. The molecule has 3 N–H and O–H groups in total. The lowest BCUT2D eigenvalue weighted by Crippen LogP contribution is -2.01. The summed E-state index contributed by atoms with van der Waals surface area (Å²) in [4.78, 5) is 4.07. The normalized spacial score (nSPS) is 10.8. The molecule has 0 aliphatic rings. The second-order valence-corrected chi connectivity index (χ2v) is 6.10. The minimum atomic E-state index is -0.284. The van der Waals surface area contributed by atoms with Crippen molar-refractivity contribution in [3.05, 3.63) is 64.8 Å². The maximum Gasteiger partial charge on any atom is 0.205 e. The molecule has 0 saturated carbocycles. The first kappa shape index (κ1) is 17.7. The smallest absolute Gasteiger partial charge is 0.205 e. The van der Waals surface area contributed by atoms with Gasteiger partial charge in [-0.2, -0.15) is 5.10 Å². The van der Waals surface area contributed by atoms with Gasteiger partial charge in [0.25, 0.3) is 0 Å². The molecule has 26 heavy (non-hydrogen) atoms. The molecule has 0 bridgehead atoms. The zero-order valence-electron chi connectivity index (χ0n) is 14.0. The Morgan fingerprint density at radius 2 is 2.08 bits per heavy atom. The van der Waals surface area contributed by atoms with Crippen LogP contribution in [0.2, 0.25) is 0 Å². The van der Waals surface area contributed by atoms with Crippen LogP contribution in [-0.4, -0.2) is 18.3 Å². The van der Waals surface area contributed by atoms with Gasteiger partial charge in [-0.05, 0) is 29.8 Å². The van der Waals surface area contributed by atoms with Crippen molar-refractivity contribution >= 4 is 28.5 Å². The lowest BCUT2D eigenvalue weighted by molar-refractivity contribution is 0.284. The number of aromatic nitrogens is 1. The molecular formula is C18H17FN4O2S. The highest BCUT2D eigenvalue weighted by atomic mass is 32.1. The van der Waals surface area contributed by atoms with Crippen LogP contribution in [0.5, 0.6) is 11.5 Å². The number of methoxy groups -OCH3 is 1. The molecule has 0 unspecified atom stereocenters. The van der Waals surface area contributed by atoms with Crippen LogP contribution in [0.1, 0.15) is 11.1 Å². The summed E-state index contributed by atoms with van der Waals surface area (Å²) in [5.74, 6) is 1.28. The number of nitrogens with one attached hydrogen (secondary N) is 1. The lowest BCUT2D eigenvalue weighted by atomic mass is 10.2. The van der Waals surface area contributed by atoms with E-state index in [0.717, 1.165) is 11.1 Å². The number of para-hydroxylation sites is 1. The van der Waals surface area contributed by atoms with Crippen LogP contribution in [-0.2, 0) is 6.61 Å². The van der Waals surface area contributed by atoms with E-state index in [2.05, 4.69) is 15.5 Å². The van der Waals surface area contributed by atoms with Crippen molar-refractivity contribution in [2.75, 3.05) is 18.3 Å². The topological polar surface area (TPSA) is 81.8 Å². The summed E-state index contributed by atoms with van der Waals surface area (Å²) in [6.45, 7) is 0.276. The van der Waals surface area contributed by atoms with Crippen LogP contribution in [0.4, 0.5) is 15.3 Å². The number of nitrogens with zero attached hydrogens (tertiary/aromatic N) is 2. The van der Waals surface area contributed by atoms with Gasteiger partial charge in [-0.3, -0.25) is 5.43 Å². The average molecular weight is 372 g/mol. The van der Waals surface area contributed by atoms with E-state index in [1.165, 1.54) is 23.5 Å². The predicted octanol–water partition coefficient (Wildman–Crippen LogP) is 3.90. The molecule has 6 nitrogen and oxygen atoms in total. The molecule has 0 radical (unpaired) electrons. The van der Waals surface area contributed by atoms with Crippen LogP contribution in [0.3, 0.4) is 0 Å². The summed E-state index contributed by atoms with van der Waals surface area (Å²) in [5.41, 5.74) is 9.96. The van der Waals surface area contributed by atoms with Crippen LogP contribution in [0, 0.1) is 5.82 Å². The first-order valence-corrected chi connectivity index (χ1v) is 8.58. The molecule has 0 atom stereocenters. The van der Waals surface area contributed by atoms with Crippen LogP contribution >= 0.6 is 11.3 Å². The summed E-state index contributed by atoms with van der Waals surface area (Å²) >= 11 is 1.36. The van der Waals surface area contributed by atoms with Crippen LogP contribution in [0.15, 0.2) is 52.9 Å². The number of nitrogens with two attached hydrogens (primary N) is 1. The number of benzene rings is 2. The zero-order valence-corrected chi connectivity index (χ0v) is 14.8. The number of thiazole rings is 1. The first-order valence-electron chi connectivity index (χ1n) is 7.70. The number of hydrogen-bond donors (Lipinski definition) is 2. The third-order valence-corrected chi connectivity index (χ3v) is 4.18. The molecule has 134 valence electrons. The van der Waals surface area contributed by atoms with Gasteiger partial charge in [0.2, 0.25) is 5.13 Å². The molecule has 0 amide bonds. The number of hydrazone groups is 1. The number of ether oxygens (including phenoxy) is 2. The van der Waals surface area contributed by atoms with Gasteiger partial charge in [-0.25, -0.2) is 9.37 Å². The Morgan fingerprint density at radius 1 is 1.27 bits per heavy atom. The molecule has 3 rings (SSSR count). The summed E-state index contributed by atoms with van der Waals surface area (Å²) in [7, 11) is 1.57. The van der Waals surface area contributed by atoms with Crippen molar-refractivity contribution in [2.24, 2.45) is 5.10 Å². The predicted molar refractivity (Wildman–Crippen MR) is 101 cm³/mol. The van der Waals surface area contributed by atoms with Crippen molar-refractivity contribution in [1.29, 1.82) is 0 Å². The Balaban J connectivity index is 1.75. The zero-order chi connectivity index (χ0) is 18.4. The van der Waals surface area contributed by atoms with E-state index in [4.69, 9.17) is 15.2 Å². The SMILES string of the molecule is COc1cccc(C=NNc2nc(N)cs2)c1OCc1ccc(F)cc1. The molecule has 1 heterocycles. The molecule has 8 heteroatoms. The van der Waals surface area contributed by atoms with E-state index in [0.29, 0.717) is 22.4 Å². The van der Waals surface area contributed by atoms with Gasteiger partial charge in [-0.1, -0.05) is 18.2 Å². The van der Waals surface area contributed by atoms with Gasteiger partial charge in [-0.15, -0.1) is 11.3 Å². The quantitative estimate of drug-likeness (QED) is 0.486. The van der Waals surface area contributed by atoms with Gasteiger partial charge in [0, 0.05) is 10.9 Å². The number of halogens is 1. The summed E-state index contributed by atoms with van der Waals surface area (Å²) in [6, 6.07) is 11.6. The maximum absolute atomic E-state index is 13.0. The first-order chi connectivity index (χ1) is 12.7. The summed E-state index contributed by atoms with van der Waals surface area (Å²) < 4.78 is 24.3. The largest absolute Gasteiger partial charge is 0.493 e. The van der Waals surface area contributed by atoms with Crippen molar-refractivity contribution in [2.45, 2.75) is 6.61 Å². The van der Waals surface area contributed by atoms with Crippen molar-refractivity contribution < 1.29 is 13.9 Å². The number of hydrogen-bond acceptors (Lipinski definition) is 7. The highest BCUT2D eigenvalue weighted by Gasteiger charge is 2.10. The van der Waals surface area contributed by atoms with Gasteiger partial charge in [0.1, 0.15) is 18.2 Å². The average Bonchev–Trinajstić information content (AvgIpc) is 3.07.